The number of amides is 3. The number of hydrogen-bond donors (Lipinski definition) is 3. The van der Waals surface area contributed by atoms with Gasteiger partial charge < -0.3 is 20.7 Å². The average Bonchev–Trinajstić information content (AvgIpc) is 2.66. The molecular formula is C19H16N4O3. The molecule has 0 radical (unpaired) electrons. The van der Waals surface area contributed by atoms with Gasteiger partial charge in [0.1, 0.15) is 17.6 Å². The summed E-state index contributed by atoms with van der Waals surface area (Å²) in [5.41, 5.74) is 0.949. The molecule has 0 saturated carbocycles. The molecule has 0 fully saturated rings. The normalized spacial score (nSPS) is 9.31. The number of hydrogen-bond acceptors (Lipinski definition) is 4. The van der Waals surface area contributed by atoms with E-state index in [1.54, 1.807) is 48.5 Å². The van der Waals surface area contributed by atoms with Crippen molar-refractivity contribution in [2.75, 3.05) is 18.4 Å². The number of benzene rings is 2. The molecule has 2 aromatic carbocycles. The largest absolute Gasteiger partial charge is 0.456 e. The average molecular weight is 348 g/mol. The number of nitrogens with zero attached hydrogens (tertiary/aromatic N) is 1. The van der Waals surface area contributed by atoms with E-state index in [0.29, 0.717) is 22.7 Å². The van der Waals surface area contributed by atoms with Gasteiger partial charge in [-0.15, -0.1) is 6.42 Å². The summed E-state index contributed by atoms with van der Waals surface area (Å²) in [7, 11) is 0. The SMILES string of the molecule is C#CCNC(=O)CNC(=O)Nc1ccc(Oc2ccccc2C#N)cc1. The highest BCUT2D eigenvalue weighted by atomic mass is 16.5. The maximum absolute atomic E-state index is 11.7. The number of ether oxygens (including phenoxy) is 1. The predicted octanol–water partition coefficient (Wildman–Crippen LogP) is 2.22. The van der Waals surface area contributed by atoms with E-state index < -0.39 is 6.03 Å². The number of carbonyl (C=O) groups is 2. The van der Waals surface area contributed by atoms with Gasteiger partial charge in [-0.25, -0.2) is 4.79 Å². The Morgan fingerprint density at radius 1 is 1.08 bits per heavy atom. The summed E-state index contributed by atoms with van der Waals surface area (Å²) in [5, 5.41) is 16.5. The van der Waals surface area contributed by atoms with Crippen LogP contribution in [0.2, 0.25) is 0 Å². The van der Waals surface area contributed by atoms with Crippen LogP contribution in [0.15, 0.2) is 48.5 Å². The Bertz CT molecular complexity index is 864. The first kappa shape index (κ1) is 18.4. The third-order valence-electron chi connectivity index (χ3n) is 3.14. The minimum Gasteiger partial charge on any atom is -0.456 e. The maximum atomic E-state index is 11.7. The van der Waals surface area contributed by atoms with Crippen molar-refractivity contribution in [3.8, 4) is 29.9 Å². The van der Waals surface area contributed by atoms with E-state index in [4.69, 9.17) is 16.4 Å². The first-order valence-corrected chi connectivity index (χ1v) is 7.64. The van der Waals surface area contributed by atoms with E-state index in [9.17, 15) is 9.59 Å². The van der Waals surface area contributed by atoms with E-state index in [0.717, 1.165) is 0 Å². The van der Waals surface area contributed by atoms with Crippen LogP contribution >= 0.6 is 0 Å². The minimum atomic E-state index is -0.524. The number of nitrogens with one attached hydrogen (secondary N) is 3. The lowest BCUT2D eigenvalue weighted by atomic mass is 10.2. The summed E-state index contributed by atoms with van der Waals surface area (Å²) >= 11 is 0. The van der Waals surface area contributed by atoms with Crippen LogP contribution in [0.1, 0.15) is 5.56 Å². The lowest BCUT2D eigenvalue weighted by Crippen LogP contribution is -2.39. The van der Waals surface area contributed by atoms with Crippen molar-refractivity contribution in [3.63, 3.8) is 0 Å². The summed E-state index contributed by atoms with van der Waals surface area (Å²) in [6.45, 7) is -0.0713. The topological polar surface area (TPSA) is 103 Å². The molecule has 0 aromatic heterocycles. The van der Waals surface area contributed by atoms with Crippen molar-refractivity contribution in [1.29, 1.82) is 5.26 Å². The van der Waals surface area contributed by atoms with Crippen LogP contribution in [0.3, 0.4) is 0 Å². The Hall–Kier alpha value is -3.97. The minimum absolute atomic E-state index is 0.110. The summed E-state index contributed by atoms with van der Waals surface area (Å²) in [4.78, 5) is 23.1. The van der Waals surface area contributed by atoms with E-state index in [2.05, 4.69) is 27.9 Å². The summed E-state index contributed by atoms with van der Waals surface area (Å²) in [6, 6.07) is 15.0. The molecule has 7 nitrogen and oxygen atoms in total. The van der Waals surface area contributed by atoms with Gasteiger partial charge in [0.05, 0.1) is 18.7 Å². The second kappa shape index (κ2) is 9.36. The first-order chi connectivity index (χ1) is 12.6. The highest BCUT2D eigenvalue weighted by Gasteiger charge is 2.06. The zero-order chi connectivity index (χ0) is 18.8. The van der Waals surface area contributed by atoms with Gasteiger partial charge in [-0.1, -0.05) is 18.1 Å². The molecule has 0 bridgehead atoms. The van der Waals surface area contributed by atoms with E-state index in [1.807, 2.05) is 0 Å². The molecule has 130 valence electrons. The quantitative estimate of drug-likeness (QED) is 0.696. The van der Waals surface area contributed by atoms with Gasteiger partial charge in [-0.2, -0.15) is 5.26 Å². The molecule has 0 aliphatic carbocycles. The highest BCUT2D eigenvalue weighted by molar-refractivity contribution is 5.92. The van der Waals surface area contributed by atoms with Gasteiger partial charge in [-0.3, -0.25) is 4.79 Å². The Kier molecular flexibility index (Phi) is 6.61. The highest BCUT2D eigenvalue weighted by Crippen LogP contribution is 2.25. The maximum Gasteiger partial charge on any atom is 0.319 e. The standard InChI is InChI=1S/C19H16N4O3/c1-2-11-21-18(24)13-22-19(25)23-15-7-9-16(10-8-15)26-17-6-4-3-5-14(17)12-20/h1,3-10H,11,13H2,(H,21,24)(H2,22,23,25). The monoisotopic (exact) mass is 348 g/mol. The predicted molar refractivity (Wildman–Crippen MR) is 96.5 cm³/mol. The number of nitriles is 1. The fourth-order valence-corrected chi connectivity index (χ4v) is 1.93. The fourth-order valence-electron chi connectivity index (χ4n) is 1.93. The van der Waals surface area contributed by atoms with E-state index in [1.165, 1.54) is 0 Å². The molecule has 2 rings (SSSR count). The zero-order valence-corrected chi connectivity index (χ0v) is 13.8. The Morgan fingerprint density at radius 3 is 2.50 bits per heavy atom. The Labute approximate surface area is 151 Å². The van der Waals surface area contributed by atoms with Gasteiger partial charge in [0.25, 0.3) is 0 Å². The molecule has 0 unspecified atom stereocenters. The molecule has 0 spiro atoms. The van der Waals surface area contributed by atoms with Crippen LogP contribution in [0, 0.1) is 23.7 Å². The number of para-hydroxylation sites is 1. The number of anilines is 1. The molecule has 0 atom stereocenters. The number of urea groups is 1. The Balaban J connectivity index is 1.87. The second-order valence-corrected chi connectivity index (χ2v) is 5.02. The number of rotatable bonds is 6. The van der Waals surface area contributed by atoms with Gasteiger partial charge >= 0.3 is 6.03 Å². The molecule has 3 amide bonds. The molecular weight excluding hydrogens is 332 g/mol. The van der Waals surface area contributed by atoms with Crippen LogP contribution in [0.5, 0.6) is 11.5 Å². The lowest BCUT2D eigenvalue weighted by molar-refractivity contribution is -0.119. The summed E-state index contributed by atoms with van der Waals surface area (Å²) in [5.74, 6) is 2.86. The smallest absolute Gasteiger partial charge is 0.319 e. The molecule has 0 saturated heterocycles. The van der Waals surface area contributed by atoms with Crippen LogP contribution in [-0.2, 0) is 4.79 Å². The summed E-state index contributed by atoms with van der Waals surface area (Å²) < 4.78 is 5.66. The molecule has 0 aliphatic rings. The third kappa shape index (κ3) is 5.59. The molecule has 0 heterocycles. The molecule has 3 N–H and O–H groups in total. The van der Waals surface area contributed by atoms with Crippen LogP contribution in [0.4, 0.5) is 10.5 Å². The Morgan fingerprint density at radius 2 is 1.81 bits per heavy atom. The molecule has 0 aliphatic heterocycles. The van der Waals surface area contributed by atoms with E-state index >= 15 is 0 Å². The van der Waals surface area contributed by atoms with Crippen molar-refractivity contribution in [1.82, 2.24) is 10.6 Å². The third-order valence-corrected chi connectivity index (χ3v) is 3.14. The van der Waals surface area contributed by atoms with Crippen LogP contribution in [-0.4, -0.2) is 25.0 Å². The van der Waals surface area contributed by atoms with E-state index in [-0.39, 0.29) is 19.0 Å². The lowest BCUT2D eigenvalue weighted by Gasteiger charge is -2.10. The van der Waals surface area contributed by atoms with Crippen molar-refractivity contribution in [3.05, 3.63) is 54.1 Å². The van der Waals surface area contributed by atoms with Crippen molar-refractivity contribution < 1.29 is 14.3 Å². The van der Waals surface area contributed by atoms with Crippen molar-refractivity contribution in [2.45, 2.75) is 0 Å². The van der Waals surface area contributed by atoms with Gasteiger partial charge in [0.15, 0.2) is 0 Å². The van der Waals surface area contributed by atoms with Crippen LogP contribution < -0.4 is 20.7 Å². The van der Waals surface area contributed by atoms with Crippen molar-refractivity contribution in [2.24, 2.45) is 0 Å². The molecule has 2 aromatic rings. The first-order valence-electron chi connectivity index (χ1n) is 7.64. The van der Waals surface area contributed by atoms with Gasteiger partial charge in [-0.05, 0) is 36.4 Å². The second-order valence-electron chi connectivity index (χ2n) is 5.02. The fraction of sp³-hybridized carbons (Fsp3) is 0.105. The number of carbonyl (C=O) groups excluding carboxylic acids is 2. The molecule has 26 heavy (non-hydrogen) atoms. The van der Waals surface area contributed by atoms with Gasteiger partial charge in [0, 0.05) is 5.69 Å². The van der Waals surface area contributed by atoms with Gasteiger partial charge in [0.2, 0.25) is 5.91 Å². The zero-order valence-electron chi connectivity index (χ0n) is 13.8. The van der Waals surface area contributed by atoms with Crippen molar-refractivity contribution >= 4 is 17.6 Å². The molecule has 7 heteroatoms. The van der Waals surface area contributed by atoms with Crippen LogP contribution in [0.25, 0.3) is 0 Å². The summed E-state index contributed by atoms with van der Waals surface area (Å²) in [6.07, 6.45) is 5.02. The number of terminal acetylenes is 1.